The molecule has 0 aliphatic carbocycles. The Kier molecular flexibility index (Phi) is 5.73. The van der Waals surface area contributed by atoms with Gasteiger partial charge in [0.2, 0.25) is 5.91 Å². The van der Waals surface area contributed by atoms with Gasteiger partial charge in [0.1, 0.15) is 0 Å². The molecule has 1 aliphatic heterocycles. The minimum atomic E-state index is 0.0768. The number of carbonyl (C=O) groups is 1. The monoisotopic (exact) mass is 228 g/mol. The van der Waals surface area contributed by atoms with Crippen LogP contribution in [0.1, 0.15) is 6.42 Å². The van der Waals surface area contributed by atoms with Gasteiger partial charge in [0.05, 0.1) is 6.54 Å². The van der Waals surface area contributed by atoms with E-state index in [1.807, 2.05) is 4.90 Å². The Bertz CT molecular complexity index is 212. The van der Waals surface area contributed by atoms with Crippen LogP contribution >= 0.6 is 0 Å². The van der Waals surface area contributed by atoms with E-state index in [4.69, 9.17) is 5.73 Å². The van der Waals surface area contributed by atoms with E-state index in [-0.39, 0.29) is 12.5 Å². The number of rotatable bonds is 5. The average Bonchev–Trinajstić information content (AvgIpc) is 2.28. The molecule has 5 heteroatoms. The summed E-state index contributed by atoms with van der Waals surface area (Å²) in [6.45, 7) is 6.03. The molecule has 1 amide bonds. The summed E-state index contributed by atoms with van der Waals surface area (Å²) in [5, 5.41) is 0. The van der Waals surface area contributed by atoms with E-state index in [0.717, 1.165) is 39.3 Å². The van der Waals surface area contributed by atoms with Crippen LogP contribution in [0, 0.1) is 0 Å². The SMILES string of the molecule is CN(C)CCCN1CCN(C(=O)CN)CC1. The van der Waals surface area contributed by atoms with Gasteiger partial charge in [-0.2, -0.15) is 0 Å². The van der Waals surface area contributed by atoms with Crippen molar-refractivity contribution in [3.63, 3.8) is 0 Å². The maximum Gasteiger partial charge on any atom is 0.236 e. The van der Waals surface area contributed by atoms with Gasteiger partial charge < -0.3 is 15.5 Å². The number of carbonyl (C=O) groups excluding carboxylic acids is 1. The fourth-order valence-corrected chi connectivity index (χ4v) is 1.96. The first-order valence-electron chi connectivity index (χ1n) is 5.98. The third-order valence-corrected chi connectivity index (χ3v) is 2.98. The molecule has 0 aromatic carbocycles. The van der Waals surface area contributed by atoms with Gasteiger partial charge in [-0.25, -0.2) is 0 Å². The first-order chi connectivity index (χ1) is 7.63. The summed E-state index contributed by atoms with van der Waals surface area (Å²) in [5.74, 6) is 0.0768. The fraction of sp³-hybridized carbons (Fsp3) is 0.909. The Morgan fingerprint density at radius 1 is 1.25 bits per heavy atom. The minimum Gasteiger partial charge on any atom is -0.339 e. The highest BCUT2D eigenvalue weighted by Crippen LogP contribution is 2.02. The van der Waals surface area contributed by atoms with Gasteiger partial charge in [-0.15, -0.1) is 0 Å². The normalized spacial score (nSPS) is 18.1. The molecule has 1 aliphatic rings. The highest BCUT2D eigenvalue weighted by Gasteiger charge is 2.19. The van der Waals surface area contributed by atoms with Gasteiger partial charge >= 0.3 is 0 Å². The van der Waals surface area contributed by atoms with Gasteiger partial charge in [0.25, 0.3) is 0 Å². The van der Waals surface area contributed by atoms with Crippen LogP contribution in [-0.4, -0.2) is 80.5 Å². The Balaban J connectivity index is 2.14. The van der Waals surface area contributed by atoms with Crippen molar-refractivity contribution in [3.05, 3.63) is 0 Å². The van der Waals surface area contributed by atoms with E-state index in [2.05, 4.69) is 23.9 Å². The summed E-state index contributed by atoms with van der Waals surface area (Å²) < 4.78 is 0. The lowest BCUT2D eigenvalue weighted by atomic mass is 10.3. The molecule has 1 rings (SSSR count). The van der Waals surface area contributed by atoms with E-state index in [1.165, 1.54) is 6.42 Å². The number of amides is 1. The van der Waals surface area contributed by atoms with E-state index >= 15 is 0 Å². The highest BCUT2D eigenvalue weighted by atomic mass is 16.2. The predicted molar refractivity (Wildman–Crippen MR) is 65.2 cm³/mol. The summed E-state index contributed by atoms with van der Waals surface area (Å²) in [4.78, 5) is 17.8. The zero-order chi connectivity index (χ0) is 12.0. The van der Waals surface area contributed by atoms with Crippen LogP contribution in [0.15, 0.2) is 0 Å². The second-order valence-electron chi connectivity index (χ2n) is 4.58. The van der Waals surface area contributed by atoms with Crippen LogP contribution in [0.3, 0.4) is 0 Å². The van der Waals surface area contributed by atoms with Gasteiger partial charge in [-0.1, -0.05) is 0 Å². The standard InChI is InChI=1S/C11H24N4O/c1-13(2)4-3-5-14-6-8-15(9-7-14)11(16)10-12/h3-10,12H2,1-2H3. The van der Waals surface area contributed by atoms with Gasteiger partial charge in [-0.05, 0) is 33.6 Å². The molecular weight excluding hydrogens is 204 g/mol. The first-order valence-corrected chi connectivity index (χ1v) is 5.98. The highest BCUT2D eigenvalue weighted by molar-refractivity contribution is 5.78. The lowest BCUT2D eigenvalue weighted by Crippen LogP contribution is -2.50. The molecule has 2 N–H and O–H groups in total. The molecule has 94 valence electrons. The largest absolute Gasteiger partial charge is 0.339 e. The van der Waals surface area contributed by atoms with Crippen LogP contribution in [0.5, 0.6) is 0 Å². The van der Waals surface area contributed by atoms with E-state index in [0.29, 0.717) is 0 Å². The molecule has 5 nitrogen and oxygen atoms in total. The van der Waals surface area contributed by atoms with Gasteiger partial charge in [0, 0.05) is 26.2 Å². The van der Waals surface area contributed by atoms with Crippen molar-refractivity contribution in [3.8, 4) is 0 Å². The quantitative estimate of drug-likeness (QED) is 0.658. The Morgan fingerprint density at radius 3 is 2.38 bits per heavy atom. The molecule has 16 heavy (non-hydrogen) atoms. The molecule has 1 heterocycles. The molecule has 0 unspecified atom stereocenters. The summed E-state index contributed by atoms with van der Waals surface area (Å²) in [5.41, 5.74) is 5.34. The van der Waals surface area contributed by atoms with Gasteiger partial charge in [0.15, 0.2) is 0 Å². The van der Waals surface area contributed by atoms with E-state index < -0.39 is 0 Å². The van der Waals surface area contributed by atoms with Crippen LogP contribution in [0.25, 0.3) is 0 Å². The maximum atomic E-state index is 11.4. The van der Waals surface area contributed by atoms with Crippen LogP contribution in [0.4, 0.5) is 0 Å². The molecule has 0 aromatic heterocycles. The molecule has 0 atom stereocenters. The van der Waals surface area contributed by atoms with E-state index in [9.17, 15) is 4.79 Å². The number of hydrogen-bond acceptors (Lipinski definition) is 4. The lowest BCUT2D eigenvalue weighted by Gasteiger charge is -2.34. The fourth-order valence-electron chi connectivity index (χ4n) is 1.96. The Morgan fingerprint density at radius 2 is 1.88 bits per heavy atom. The van der Waals surface area contributed by atoms with Crippen molar-refractivity contribution >= 4 is 5.91 Å². The van der Waals surface area contributed by atoms with E-state index in [1.54, 1.807) is 0 Å². The molecule has 0 aromatic rings. The number of nitrogens with two attached hydrogens (primary N) is 1. The maximum absolute atomic E-state index is 11.4. The summed E-state index contributed by atoms with van der Waals surface area (Å²) >= 11 is 0. The van der Waals surface area contributed by atoms with Crippen molar-refractivity contribution in [2.75, 3.05) is 59.9 Å². The van der Waals surface area contributed by atoms with Crippen LogP contribution < -0.4 is 5.73 Å². The second kappa shape index (κ2) is 6.83. The third-order valence-electron chi connectivity index (χ3n) is 2.98. The predicted octanol–water partition coefficient (Wildman–Crippen LogP) is -0.959. The van der Waals surface area contributed by atoms with Crippen molar-refractivity contribution in [2.24, 2.45) is 5.73 Å². The van der Waals surface area contributed by atoms with Crippen molar-refractivity contribution in [2.45, 2.75) is 6.42 Å². The lowest BCUT2D eigenvalue weighted by molar-refractivity contribution is -0.131. The molecule has 0 bridgehead atoms. The Labute approximate surface area is 98.2 Å². The molecule has 0 saturated carbocycles. The summed E-state index contributed by atoms with van der Waals surface area (Å²) in [6.07, 6.45) is 1.19. The first kappa shape index (κ1) is 13.4. The third kappa shape index (κ3) is 4.47. The number of nitrogens with zero attached hydrogens (tertiary/aromatic N) is 3. The summed E-state index contributed by atoms with van der Waals surface area (Å²) in [7, 11) is 4.19. The number of piperazine rings is 1. The van der Waals surface area contributed by atoms with Gasteiger partial charge in [-0.3, -0.25) is 9.69 Å². The zero-order valence-corrected chi connectivity index (χ0v) is 10.5. The molecule has 1 fully saturated rings. The molecule has 0 spiro atoms. The van der Waals surface area contributed by atoms with Crippen LogP contribution in [0.2, 0.25) is 0 Å². The number of hydrogen-bond donors (Lipinski definition) is 1. The van der Waals surface area contributed by atoms with Crippen molar-refractivity contribution < 1.29 is 4.79 Å². The second-order valence-corrected chi connectivity index (χ2v) is 4.58. The van der Waals surface area contributed by atoms with Crippen LogP contribution in [-0.2, 0) is 4.79 Å². The molecular formula is C11H24N4O. The topological polar surface area (TPSA) is 52.8 Å². The Hall–Kier alpha value is -0.650. The molecule has 1 saturated heterocycles. The van der Waals surface area contributed by atoms with Crippen molar-refractivity contribution in [1.29, 1.82) is 0 Å². The average molecular weight is 228 g/mol. The minimum absolute atomic E-state index is 0.0768. The smallest absolute Gasteiger partial charge is 0.236 e. The summed E-state index contributed by atoms with van der Waals surface area (Å²) in [6, 6.07) is 0. The molecule has 0 radical (unpaired) electrons. The zero-order valence-electron chi connectivity index (χ0n) is 10.5. The van der Waals surface area contributed by atoms with Crippen molar-refractivity contribution in [1.82, 2.24) is 14.7 Å².